The fourth-order valence-electron chi connectivity index (χ4n) is 4.28. The number of fused-ring (bicyclic) bond motifs is 1. The second-order valence-corrected chi connectivity index (χ2v) is 11.1. The number of pyridine rings is 1. The number of hydrogen-bond donors (Lipinski definition) is 1. The summed E-state index contributed by atoms with van der Waals surface area (Å²) in [4.78, 5) is 9.24. The Morgan fingerprint density at radius 3 is 2.06 bits per heavy atom. The van der Waals surface area contributed by atoms with Gasteiger partial charge in [-0.15, -0.1) is 0 Å². The topological polar surface area (TPSA) is 37.3 Å². The summed E-state index contributed by atoms with van der Waals surface area (Å²) in [6.07, 6.45) is 1.85. The number of nitrogens with zero attached hydrogens (tertiary/aromatic N) is 2. The van der Waals surface area contributed by atoms with Crippen LogP contribution in [0.25, 0.3) is 22.0 Å². The third-order valence-electron chi connectivity index (χ3n) is 6.41. The summed E-state index contributed by atoms with van der Waals surface area (Å²) < 4.78 is 0. The SMILES string of the molecule is C=Nc1c(Nc2cc(C(C)(C)C)cc3cccnc23)cc(C(C)(C)C)cc1-c1ccccc1C. The van der Waals surface area contributed by atoms with Crippen molar-refractivity contribution in [2.45, 2.75) is 59.3 Å². The molecule has 3 heteroatoms. The van der Waals surface area contributed by atoms with Crippen molar-refractivity contribution in [3.05, 3.63) is 83.6 Å². The highest BCUT2D eigenvalue weighted by Gasteiger charge is 2.22. The zero-order chi connectivity index (χ0) is 24.7. The summed E-state index contributed by atoms with van der Waals surface area (Å²) in [5.41, 5.74) is 9.69. The minimum atomic E-state index is -0.0266. The summed E-state index contributed by atoms with van der Waals surface area (Å²) >= 11 is 0. The number of aryl methyl sites for hydroxylation is 1. The first-order chi connectivity index (χ1) is 16.0. The molecule has 0 saturated carbocycles. The zero-order valence-corrected chi connectivity index (χ0v) is 21.5. The molecule has 0 atom stereocenters. The molecule has 0 saturated heterocycles. The van der Waals surface area contributed by atoms with Crippen LogP contribution in [0.1, 0.15) is 58.2 Å². The number of benzene rings is 3. The molecule has 0 aliphatic heterocycles. The molecule has 174 valence electrons. The van der Waals surface area contributed by atoms with Gasteiger partial charge in [-0.05, 0) is 77.1 Å². The van der Waals surface area contributed by atoms with Gasteiger partial charge in [0.15, 0.2) is 0 Å². The van der Waals surface area contributed by atoms with Gasteiger partial charge in [0.05, 0.1) is 22.6 Å². The van der Waals surface area contributed by atoms with Crippen LogP contribution in [0.2, 0.25) is 0 Å². The van der Waals surface area contributed by atoms with Gasteiger partial charge in [0.25, 0.3) is 0 Å². The Morgan fingerprint density at radius 2 is 1.41 bits per heavy atom. The van der Waals surface area contributed by atoms with Crippen LogP contribution in [0.3, 0.4) is 0 Å². The summed E-state index contributed by atoms with van der Waals surface area (Å²) in [6.45, 7) is 19.5. The summed E-state index contributed by atoms with van der Waals surface area (Å²) in [7, 11) is 0. The molecule has 0 aliphatic carbocycles. The Balaban J connectivity index is 1.99. The molecule has 0 aliphatic rings. The molecule has 0 radical (unpaired) electrons. The highest BCUT2D eigenvalue weighted by Crippen LogP contribution is 2.43. The van der Waals surface area contributed by atoms with Crippen molar-refractivity contribution in [1.29, 1.82) is 0 Å². The lowest BCUT2D eigenvalue weighted by Gasteiger charge is -2.25. The van der Waals surface area contributed by atoms with Crippen LogP contribution in [0.4, 0.5) is 17.1 Å². The van der Waals surface area contributed by atoms with E-state index in [1.807, 2.05) is 12.3 Å². The lowest BCUT2D eigenvalue weighted by atomic mass is 9.83. The first-order valence-electron chi connectivity index (χ1n) is 11.9. The third kappa shape index (κ3) is 4.61. The monoisotopic (exact) mass is 449 g/mol. The fourth-order valence-corrected chi connectivity index (χ4v) is 4.28. The Labute approximate surface area is 204 Å². The number of anilines is 2. The molecule has 0 amide bonds. The molecule has 3 nitrogen and oxygen atoms in total. The van der Waals surface area contributed by atoms with Crippen molar-refractivity contribution in [2.75, 3.05) is 5.32 Å². The average Bonchev–Trinajstić information content (AvgIpc) is 2.77. The van der Waals surface area contributed by atoms with Gasteiger partial charge in [-0.25, -0.2) is 0 Å². The Bertz CT molecular complexity index is 1370. The molecule has 1 heterocycles. The van der Waals surface area contributed by atoms with Gasteiger partial charge in [0.2, 0.25) is 0 Å². The maximum Gasteiger partial charge on any atom is 0.0936 e. The van der Waals surface area contributed by atoms with E-state index in [0.29, 0.717) is 0 Å². The van der Waals surface area contributed by atoms with Crippen molar-refractivity contribution in [1.82, 2.24) is 4.98 Å². The van der Waals surface area contributed by atoms with Crippen molar-refractivity contribution < 1.29 is 0 Å². The number of aliphatic imine (C=N–C) groups is 1. The highest BCUT2D eigenvalue weighted by atomic mass is 14.9. The highest BCUT2D eigenvalue weighted by molar-refractivity contribution is 5.96. The first kappa shape index (κ1) is 23.7. The van der Waals surface area contributed by atoms with Crippen LogP contribution in [0, 0.1) is 6.92 Å². The van der Waals surface area contributed by atoms with Crippen molar-refractivity contribution in [3.8, 4) is 11.1 Å². The second-order valence-electron chi connectivity index (χ2n) is 11.1. The van der Waals surface area contributed by atoms with Gasteiger partial charge in [0.1, 0.15) is 0 Å². The summed E-state index contributed by atoms with van der Waals surface area (Å²) in [6, 6.07) is 21.5. The van der Waals surface area contributed by atoms with Crippen molar-refractivity contribution >= 4 is 34.7 Å². The Hall–Kier alpha value is -3.46. The van der Waals surface area contributed by atoms with Gasteiger partial charge >= 0.3 is 0 Å². The molecule has 0 fully saturated rings. The van der Waals surface area contributed by atoms with E-state index in [9.17, 15) is 0 Å². The third-order valence-corrected chi connectivity index (χ3v) is 6.41. The Kier molecular flexibility index (Phi) is 6.07. The molecule has 4 rings (SSSR count). The van der Waals surface area contributed by atoms with E-state index in [4.69, 9.17) is 4.98 Å². The van der Waals surface area contributed by atoms with Crippen molar-refractivity contribution in [3.63, 3.8) is 0 Å². The Morgan fingerprint density at radius 1 is 0.765 bits per heavy atom. The minimum Gasteiger partial charge on any atom is -0.352 e. The summed E-state index contributed by atoms with van der Waals surface area (Å²) in [5, 5.41) is 4.85. The van der Waals surface area contributed by atoms with Gasteiger partial charge in [-0.2, -0.15) is 0 Å². The zero-order valence-electron chi connectivity index (χ0n) is 21.5. The largest absolute Gasteiger partial charge is 0.352 e. The molecular formula is C31H35N3. The molecule has 1 N–H and O–H groups in total. The average molecular weight is 450 g/mol. The maximum absolute atomic E-state index is 4.71. The molecule has 34 heavy (non-hydrogen) atoms. The molecule has 0 spiro atoms. The van der Waals surface area contributed by atoms with E-state index in [1.165, 1.54) is 22.3 Å². The molecule has 0 unspecified atom stereocenters. The quantitative estimate of drug-likeness (QED) is 0.316. The predicted molar refractivity (Wildman–Crippen MR) is 148 cm³/mol. The number of aromatic nitrogens is 1. The van der Waals surface area contributed by atoms with Crippen LogP contribution < -0.4 is 5.32 Å². The van der Waals surface area contributed by atoms with Crippen LogP contribution in [-0.4, -0.2) is 11.7 Å². The van der Waals surface area contributed by atoms with E-state index in [-0.39, 0.29) is 10.8 Å². The van der Waals surface area contributed by atoms with Crippen LogP contribution in [0.5, 0.6) is 0 Å². The van der Waals surface area contributed by atoms with Gasteiger partial charge < -0.3 is 5.32 Å². The van der Waals surface area contributed by atoms with E-state index in [2.05, 4.69) is 120 Å². The molecule has 0 bridgehead atoms. The van der Waals surface area contributed by atoms with Gasteiger partial charge in [-0.3, -0.25) is 9.98 Å². The van der Waals surface area contributed by atoms with E-state index in [1.54, 1.807) is 0 Å². The number of hydrogen-bond acceptors (Lipinski definition) is 3. The minimum absolute atomic E-state index is 0.0134. The first-order valence-corrected chi connectivity index (χ1v) is 11.9. The second kappa shape index (κ2) is 8.72. The van der Waals surface area contributed by atoms with Gasteiger partial charge in [0, 0.05) is 17.1 Å². The smallest absolute Gasteiger partial charge is 0.0936 e. The van der Waals surface area contributed by atoms with Crippen LogP contribution in [-0.2, 0) is 10.8 Å². The normalized spacial score (nSPS) is 12.1. The van der Waals surface area contributed by atoms with Crippen LogP contribution in [0.15, 0.2) is 71.9 Å². The van der Waals surface area contributed by atoms with E-state index in [0.717, 1.165) is 33.5 Å². The number of rotatable bonds is 4. The molecular weight excluding hydrogens is 414 g/mol. The lowest BCUT2D eigenvalue weighted by molar-refractivity contribution is 0.591. The standard InChI is InChI=1S/C31H35N3/c1-20-12-9-10-14-24(20)25-17-23(31(5,6)7)19-27(29(25)32-8)34-26-18-22(30(2,3)4)16-21-13-11-15-33-28(21)26/h9-19,34H,8H2,1-7H3. The lowest BCUT2D eigenvalue weighted by Crippen LogP contribution is -2.13. The fraction of sp³-hybridized carbons (Fsp3) is 0.290. The molecule has 3 aromatic carbocycles. The molecule has 4 aromatic rings. The number of nitrogens with one attached hydrogen (secondary N) is 1. The molecule has 1 aromatic heterocycles. The maximum atomic E-state index is 4.71. The summed E-state index contributed by atoms with van der Waals surface area (Å²) in [5.74, 6) is 0. The van der Waals surface area contributed by atoms with E-state index >= 15 is 0 Å². The van der Waals surface area contributed by atoms with Gasteiger partial charge in [-0.1, -0.05) is 71.9 Å². The van der Waals surface area contributed by atoms with E-state index < -0.39 is 0 Å². The van der Waals surface area contributed by atoms with Crippen LogP contribution >= 0.6 is 0 Å². The van der Waals surface area contributed by atoms with Crippen molar-refractivity contribution in [2.24, 2.45) is 4.99 Å². The predicted octanol–water partition coefficient (Wildman–Crippen LogP) is 8.88.